The van der Waals surface area contributed by atoms with Crippen LogP contribution in [0, 0.1) is 0 Å². The van der Waals surface area contributed by atoms with Crippen LogP contribution in [0.15, 0.2) is 24.4 Å². The summed E-state index contributed by atoms with van der Waals surface area (Å²) in [5.74, 6) is 0.738. The van der Waals surface area contributed by atoms with Gasteiger partial charge in [-0.15, -0.1) is 0 Å². The quantitative estimate of drug-likeness (QED) is 0.426. The molecule has 0 unspecified atom stereocenters. The van der Waals surface area contributed by atoms with Crippen LogP contribution < -0.4 is 4.90 Å². The molecule has 40 heavy (non-hydrogen) atoms. The first-order chi connectivity index (χ1) is 19.2. The maximum atomic E-state index is 14.5. The van der Waals surface area contributed by atoms with Crippen LogP contribution in [-0.2, 0) is 35.0 Å². The molecule has 0 saturated carbocycles. The summed E-state index contributed by atoms with van der Waals surface area (Å²) in [5, 5.41) is 9.40. The van der Waals surface area contributed by atoms with Gasteiger partial charge in [0, 0.05) is 67.2 Å². The lowest BCUT2D eigenvalue weighted by molar-refractivity contribution is -0.120. The maximum Gasteiger partial charge on any atom is 0.264 e. The predicted octanol–water partition coefficient (Wildman–Crippen LogP) is 4.35. The molecular weight excluding hydrogens is 516 g/mol. The second-order valence-corrected chi connectivity index (χ2v) is 11.8. The number of halogens is 2. The van der Waals surface area contributed by atoms with Crippen molar-refractivity contribution in [2.24, 2.45) is 7.05 Å². The number of aromatic nitrogens is 4. The first-order valence-corrected chi connectivity index (χ1v) is 13.9. The number of fused-ring (bicyclic) bond motifs is 2. The smallest absolute Gasteiger partial charge is 0.264 e. The molecule has 6 rings (SSSR count). The summed E-state index contributed by atoms with van der Waals surface area (Å²) >= 11 is 0. The van der Waals surface area contributed by atoms with Crippen molar-refractivity contribution in [3.8, 4) is 11.3 Å². The molecule has 0 spiro atoms. The lowest BCUT2D eigenvalue weighted by atomic mass is 9.82. The Labute approximate surface area is 232 Å². The van der Waals surface area contributed by atoms with Crippen LogP contribution in [0.3, 0.4) is 0 Å². The van der Waals surface area contributed by atoms with Gasteiger partial charge in [-0.25, -0.2) is 8.78 Å². The average Bonchev–Trinajstić information content (AvgIpc) is 3.55. The van der Waals surface area contributed by atoms with E-state index in [1.165, 1.54) is 0 Å². The van der Waals surface area contributed by atoms with Crippen LogP contribution in [0.25, 0.3) is 11.3 Å². The molecule has 1 fully saturated rings. The number of anilines is 2. The maximum absolute atomic E-state index is 14.5. The Morgan fingerprint density at radius 3 is 2.48 bits per heavy atom. The van der Waals surface area contributed by atoms with E-state index in [2.05, 4.69) is 28.5 Å². The molecule has 0 aliphatic carbocycles. The van der Waals surface area contributed by atoms with E-state index in [4.69, 9.17) is 5.10 Å². The molecule has 5 heterocycles. The minimum Gasteiger partial charge on any atom is -0.345 e. The van der Waals surface area contributed by atoms with Crippen molar-refractivity contribution in [2.45, 2.75) is 64.0 Å². The molecule has 3 aliphatic rings. The molecule has 0 N–H and O–H groups in total. The van der Waals surface area contributed by atoms with E-state index in [-0.39, 0.29) is 17.0 Å². The number of hydrogen-bond donors (Lipinski definition) is 0. The van der Waals surface area contributed by atoms with Crippen molar-refractivity contribution < 1.29 is 18.4 Å². The van der Waals surface area contributed by atoms with Crippen molar-refractivity contribution >= 4 is 24.3 Å². The number of rotatable bonds is 6. The highest BCUT2D eigenvalue weighted by Gasteiger charge is 2.41. The van der Waals surface area contributed by atoms with Gasteiger partial charge >= 0.3 is 0 Å². The molecule has 1 saturated heterocycles. The van der Waals surface area contributed by atoms with E-state index in [1.54, 1.807) is 39.9 Å². The molecule has 212 valence electrons. The summed E-state index contributed by atoms with van der Waals surface area (Å²) in [6.45, 7) is 7.23. The first kappa shape index (κ1) is 26.5. The fourth-order valence-electron chi connectivity index (χ4n) is 6.86. The highest BCUT2D eigenvalue weighted by molar-refractivity contribution is 5.76. The second kappa shape index (κ2) is 10.0. The van der Waals surface area contributed by atoms with Gasteiger partial charge in [0.05, 0.1) is 24.0 Å². The molecule has 1 aromatic carbocycles. The minimum absolute atomic E-state index is 0.0290. The van der Waals surface area contributed by atoms with Crippen molar-refractivity contribution in [2.75, 3.05) is 31.1 Å². The number of alkyl halides is 2. The summed E-state index contributed by atoms with van der Waals surface area (Å²) in [6, 6.07) is 5.40. The molecule has 3 aromatic rings. The lowest BCUT2D eigenvalue weighted by Crippen LogP contribution is -2.44. The summed E-state index contributed by atoms with van der Waals surface area (Å²) in [6.07, 6.45) is 3.96. The number of carbonyl (C=O) groups is 2. The SMILES string of the molecule is Cn1nccc1-c1cc2c(cc1C(F)F)N(c1nn(C3CCN(C=O)CC3)c3c1CN(C=O)CC3(C)C)CCC2. The Kier molecular flexibility index (Phi) is 6.62. The second-order valence-electron chi connectivity index (χ2n) is 11.8. The van der Waals surface area contributed by atoms with Gasteiger partial charge in [0.1, 0.15) is 0 Å². The largest absolute Gasteiger partial charge is 0.345 e. The predicted molar refractivity (Wildman–Crippen MR) is 147 cm³/mol. The zero-order chi connectivity index (χ0) is 28.2. The van der Waals surface area contributed by atoms with Crippen molar-refractivity contribution in [1.82, 2.24) is 29.4 Å². The Hall–Kier alpha value is -3.76. The Balaban J connectivity index is 1.49. The number of amides is 2. The first-order valence-electron chi connectivity index (χ1n) is 13.9. The monoisotopic (exact) mass is 551 g/mol. The number of carbonyl (C=O) groups excluding carboxylic acids is 2. The number of piperidine rings is 1. The number of hydrogen-bond acceptors (Lipinski definition) is 5. The third-order valence-electron chi connectivity index (χ3n) is 8.69. The van der Waals surface area contributed by atoms with Gasteiger partial charge in [0.25, 0.3) is 6.43 Å². The van der Waals surface area contributed by atoms with Gasteiger partial charge in [-0.2, -0.15) is 10.2 Å². The molecule has 0 atom stereocenters. The molecule has 9 nitrogen and oxygen atoms in total. The fourth-order valence-corrected chi connectivity index (χ4v) is 6.86. The third kappa shape index (κ3) is 4.35. The average molecular weight is 552 g/mol. The van der Waals surface area contributed by atoms with Crippen LogP contribution in [-0.4, -0.2) is 68.4 Å². The normalized spacial score (nSPS) is 19.1. The van der Waals surface area contributed by atoms with Gasteiger partial charge in [-0.3, -0.25) is 19.0 Å². The molecule has 2 amide bonds. The van der Waals surface area contributed by atoms with Gasteiger partial charge < -0.3 is 14.7 Å². The molecular formula is C29H35F2N7O2. The Morgan fingerprint density at radius 1 is 1.07 bits per heavy atom. The van der Waals surface area contributed by atoms with E-state index in [9.17, 15) is 18.4 Å². The van der Waals surface area contributed by atoms with Crippen LogP contribution in [0.5, 0.6) is 0 Å². The molecule has 11 heteroatoms. The summed E-state index contributed by atoms with van der Waals surface area (Å²) in [7, 11) is 1.76. The zero-order valence-corrected chi connectivity index (χ0v) is 23.2. The minimum atomic E-state index is -2.65. The third-order valence-corrected chi connectivity index (χ3v) is 8.69. The molecule has 0 radical (unpaired) electrons. The Bertz CT molecular complexity index is 1440. The van der Waals surface area contributed by atoms with Crippen LogP contribution in [0.4, 0.5) is 20.3 Å². The summed E-state index contributed by atoms with van der Waals surface area (Å²) in [5.41, 5.74) is 4.59. The highest BCUT2D eigenvalue weighted by atomic mass is 19.3. The van der Waals surface area contributed by atoms with Crippen molar-refractivity contribution in [1.29, 1.82) is 0 Å². The van der Waals surface area contributed by atoms with Crippen LogP contribution >= 0.6 is 0 Å². The molecule has 3 aliphatic heterocycles. The molecule has 0 bridgehead atoms. The Morgan fingerprint density at radius 2 is 1.82 bits per heavy atom. The number of benzene rings is 1. The van der Waals surface area contributed by atoms with Crippen LogP contribution in [0.2, 0.25) is 0 Å². The lowest BCUT2D eigenvalue weighted by Gasteiger charge is -2.39. The van der Waals surface area contributed by atoms with Crippen molar-refractivity contribution in [3.05, 3.63) is 46.8 Å². The summed E-state index contributed by atoms with van der Waals surface area (Å²) in [4.78, 5) is 28.9. The van der Waals surface area contributed by atoms with E-state index >= 15 is 0 Å². The number of nitrogens with zero attached hydrogens (tertiary/aromatic N) is 7. The van der Waals surface area contributed by atoms with Gasteiger partial charge in [0.15, 0.2) is 5.82 Å². The van der Waals surface area contributed by atoms with Crippen molar-refractivity contribution in [3.63, 3.8) is 0 Å². The highest BCUT2D eigenvalue weighted by Crippen LogP contribution is 2.46. The van der Waals surface area contributed by atoms with Gasteiger partial charge in [-0.1, -0.05) is 13.8 Å². The van der Waals surface area contributed by atoms with Gasteiger partial charge in [0.2, 0.25) is 12.8 Å². The topological polar surface area (TPSA) is 79.5 Å². The molecule has 2 aromatic heterocycles. The van der Waals surface area contributed by atoms with Crippen LogP contribution in [0.1, 0.15) is 68.0 Å². The number of likely N-dealkylation sites (tertiary alicyclic amines) is 1. The standard InChI is InChI=1S/C29H35F2N7O2/c1-29(2)16-36(18-40)15-23-26(29)38(20-7-11-35(17-39)12-8-20)33-28(23)37-10-4-5-19-13-21(24-6-9-32-34(24)3)22(27(30)31)14-25(19)37/h6,9,13-14,17-18,20,27H,4-5,7-8,10-12,15-16H2,1-3H3. The van der Waals surface area contributed by atoms with E-state index in [0.29, 0.717) is 44.0 Å². The van der Waals surface area contributed by atoms with E-state index < -0.39 is 6.43 Å². The number of aryl methyl sites for hydroxylation is 2. The van der Waals surface area contributed by atoms with E-state index in [0.717, 1.165) is 66.8 Å². The zero-order valence-electron chi connectivity index (χ0n) is 23.2. The van der Waals surface area contributed by atoms with E-state index in [1.807, 2.05) is 6.07 Å². The van der Waals surface area contributed by atoms with Gasteiger partial charge in [-0.05, 0) is 49.4 Å². The fraction of sp³-hybridized carbons (Fsp3) is 0.517. The summed E-state index contributed by atoms with van der Waals surface area (Å²) < 4.78 is 32.7.